The monoisotopic (exact) mass is 446 g/mol. The zero-order valence-electron chi connectivity index (χ0n) is 18.2. The molecule has 0 bridgehead atoms. The lowest BCUT2D eigenvalue weighted by Crippen LogP contribution is -2.23. The number of hydrogen-bond donors (Lipinski definition) is 0. The molecule has 0 spiro atoms. The Morgan fingerprint density at radius 1 is 1.06 bits per heavy atom. The summed E-state index contributed by atoms with van der Waals surface area (Å²) in [6.45, 7) is 2.70. The van der Waals surface area contributed by atoms with Gasteiger partial charge in [-0.3, -0.25) is 18.6 Å². The topological polar surface area (TPSA) is 69.3 Å². The molecule has 0 amide bonds. The Morgan fingerprint density at radius 3 is 2.72 bits per heavy atom. The maximum Gasteiger partial charge on any atom is 0.262 e. The molecule has 4 aromatic rings. The van der Waals surface area contributed by atoms with E-state index in [0.29, 0.717) is 22.9 Å². The van der Waals surface area contributed by atoms with Crippen molar-refractivity contribution in [1.82, 2.24) is 19.2 Å². The number of Topliss-reactive ketones (excluding diaryl/α,β-unsaturated/α-hetero) is 1. The van der Waals surface area contributed by atoms with Gasteiger partial charge in [0.1, 0.15) is 0 Å². The molecule has 1 aliphatic carbocycles. The van der Waals surface area contributed by atoms with Crippen LogP contribution in [-0.2, 0) is 19.4 Å². The van der Waals surface area contributed by atoms with Crippen LogP contribution in [0.1, 0.15) is 54.1 Å². The smallest absolute Gasteiger partial charge is 0.262 e. The molecule has 0 fully saturated rings. The molecule has 7 heteroatoms. The van der Waals surface area contributed by atoms with Gasteiger partial charge in [0.25, 0.3) is 5.56 Å². The first-order valence-electron chi connectivity index (χ1n) is 11.3. The summed E-state index contributed by atoms with van der Waals surface area (Å²) >= 11 is 1.37. The van der Waals surface area contributed by atoms with Gasteiger partial charge < -0.3 is 0 Å². The molecule has 2 aromatic carbocycles. The highest BCUT2D eigenvalue weighted by Crippen LogP contribution is 2.25. The molecule has 6 nitrogen and oxygen atoms in total. The van der Waals surface area contributed by atoms with Gasteiger partial charge in [0.2, 0.25) is 5.78 Å². The standard InChI is InChI=1S/C25H26N4O2S/c1-2-3-14-28-23(31)20-10-6-7-11-21(20)29-24(28)26-27-25(29)32-16-22(30)19-13-12-17-8-4-5-9-18(17)15-19/h6-7,10-13,15H,2-5,8-9,14,16H2,1H3. The van der Waals surface area contributed by atoms with Gasteiger partial charge in [0, 0.05) is 12.1 Å². The Morgan fingerprint density at radius 2 is 1.88 bits per heavy atom. The van der Waals surface area contributed by atoms with Crippen LogP contribution in [0, 0.1) is 0 Å². The van der Waals surface area contributed by atoms with Crippen LogP contribution in [0.5, 0.6) is 0 Å². The summed E-state index contributed by atoms with van der Waals surface area (Å²) in [4.78, 5) is 26.0. The number of benzene rings is 2. The number of fused-ring (bicyclic) bond motifs is 4. The van der Waals surface area contributed by atoms with E-state index in [0.717, 1.165) is 36.8 Å². The van der Waals surface area contributed by atoms with Gasteiger partial charge in [-0.25, -0.2) is 0 Å². The lowest BCUT2D eigenvalue weighted by molar-refractivity contribution is 0.102. The van der Waals surface area contributed by atoms with Crippen molar-refractivity contribution in [1.29, 1.82) is 0 Å². The molecule has 32 heavy (non-hydrogen) atoms. The van der Waals surface area contributed by atoms with Crippen LogP contribution in [0.25, 0.3) is 16.7 Å². The van der Waals surface area contributed by atoms with Crippen LogP contribution < -0.4 is 5.56 Å². The van der Waals surface area contributed by atoms with Crippen LogP contribution in [0.4, 0.5) is 0 Å². The van der Waals surface area contributed by atoms with Crippen LogP contribution in [-0.4, -0.2) is 30.7 Å². The summed E-state index contributed by atoms with van der Waals surface area (Å²) < 4.78 is 3.62. The van der Waals surface area contributed by atoms with Crippen molar-refractivity contribution in [3.8, 4) is 0 Å². The van der Waals surface area contributed by atoms with Crippen LogP contribution in [0.3, 0.4) is 0 Å². The average molecular weight is 447 g/mol. The molecule has 2 heterocycles. The third kappa shape index (κ3) is 3.75. The normalized spacial score (nSPS) is 13.5. The highest BCUT2D eigenvalue weighted by Gasteiger charge is 2.18. The molecule has 5 rings (SSSR count). The van der Waals surface area contributed by atoms with Gasteiger partial charge >= 0.3 is 0 Å². The molecular formula is C25H26N4O2S. The van der Waals surface area contributed by atoms with Gasteiger partial charge in [-0.15, -0.1) is 10.2 Å². The van der Waals surface area contributed by atoms with Crippen molar-refractivity contribution in [2.24, 2.45) is 0 Å². The number of rotatable bonds is 7. The molecule has 0 saturated carbocycles. The van der Waals surface area contributed by atoms with Crippen molar-refractivity contribution in [3.63, 3.8) is 0 Å². The minimum atomic E-state index is -0.0457. The molecule has 0 radical (unpaired) electrons. The van der Waals surface area contributed by atoms with E-state index in [1.165, 1.54) is 35.7 Å². The first kappa shape index (κ1) is 20.9. The molecule has 2 aromatic heterocycles. The zero-order valence-corrected chi connectivity index (χ0v) is 19.0. The molecule has 0 saturated heterocycles. The van der Waals surface area contributed by atoms with Gasteiger partial charge in [-0.1, -0.05) is 49.4 Å². The summed E-state index contributed by atoms with van der Waals surface area (Å²) in [5.74, 6) is 0.900. The van der Waals surface area contributed by atoms with E-state index in [1.807, 2.05) is 34.7 Å². The number of carbonyl (C=O) groups is 1. The second-order valence-corrected chi connectivity index (χ2v) is 9.29. The number of aryl methyl sites for hydroxylation is 3. The maximum absolute atomic E-state index is 13.0. The van der Waals surface area contributed by atoms with Crippen LogP contribution in [0.2, 0.25) is 0 Å². The van der Waals surface area contributed by atoms with Crippen molar-refractivity contribution in [2.75, 3.05) is 5.75 Å². The molecule has 0 N–H and O–H groups in total. The van der Waals surface area contributed by atoms with Crippen molar-refractivity contribution in [3.05, 3.63) is 69.5 Å². The van der Waals surface area contributed by atoms with Crippen LogP contribution in [0.15, 0.2) is 52.4 Å². The molecule has 164 valence electrons. The second-order valence-electron chi connectivity index (χ2n) is 8.35. The number of thioether (sulfide) groups is 1. The Balaban J connectivity index is 1.48. The third-order valence-electron chi connectivity index (χ3n) is 6.22. The maximum atomic E-state index is 13.0. The highest BCUT2D eigenvalue weighted by atomic mass is 32.2. The number of carbonyl (C=O) groups excluding carboxylic acids is 1. The van der Waals surface area contributed by atoms with Gasteiger partial charge in [-0.05, 0) is 61.4 Å². The molecular weight excluding hydrogens is 420 g/mol. The van der Waals surface area contributed by atoms with E-state index in [2.05, 4.69) is 29.3 Å². The number of hydrogen-bond acceptors (Lipinski definition) is 5. The zero-order chi connectivity index (χ0) is 22.1. The Kier molecular flexibility index (Phi) is 5.83. The van der Waals surface area contributed by atoms with Gasteiger partial charge in [-0.2, -0.15) is 0 Å². The molecule has 0 unspecified atom stereocenters. The minimum Gasteiger partial charge on any atom is -0.293 e. The van der Waals surface area contributed by atoms with Crippen molar-refractivity contribution >= 4 is 34.2 Å². The highest BCUT2D eigenvalue weighted by molar-refractivity contribution is 7.99. The number of unbranched alkanes of at least 4 members (excludes halogenated alkanes) is 1. The van der Waals surface area contributed by atoms with E-state index >= 15 is 0 Å². The quantitative estimate of drug-likeness (QED) is 0.304. The SMILES string of the molecule is CCCCn1c(=O)c2ccccc2n2c(SCC(=O)c3ccc4c(c3)CCCC4)nnc12. The fraction of sp³-hybridized carbons (Fsp3) is 0.360. The Hall–Kier alpha value is -2.93. The summed E-state index contributed by atoms with van der Waals surface area (Å²) in [6, 6.07) is 13.7. The number of para-hydroxylation sites is 1. The lowest BCUT2D eigenvalue weighted by Gasteiger charge is -2.16. The summed E-state index contributed by atoms with van der Waals surface area (Å²) in [6.07, 6.45) is 6.46. The average Bonchev–Trinajstić information content (AvgIpc) is 3.26. The number of aromatic nitrogens is 4. The molecule has 0 atom stereocenters. The number of nitrogens with zero attached hydrogens (tertiary/aromatic N) is 4. The van der Waals surface area contributed by atoms with E-state index in [4.69, 9.17) is 0 Å². The molecule has 0 aliphatic heterocycles. The predicted octanol–water partition coefficient (Wildman–Crippen LogP) is 4.70. The first-order chi connectivity index (χ1) is 15.7. The van der Waals surface area contributed by atoms with Gasteiger partial charge in [0.15, 0.2) is 10.9 Å². The lowest BCUT2D eigenvalue weighted by atomic mass is 9.90. The Labute approximate surface area is 190 Å². The first-order valence-corrected chi connectivity index (χ1v) is 12.3. The minimum absolute atomic E-state index is 0.0457. The fourth-order valence-corrected chi connectivity index (χ4v) is 5.30. The molecule has 1 aliphatic rings. The number of ketones is 1. The van der Waals surface area contributed by atoms with Crippen molar-refractivity contribution in [2.45, 2.75) is 57.1 Å². The van der Waals surface area contributed by atoms with Crippen LogP contribution >= 0.6 is 11.8 Å². The largest absolute Gasteiger partial charge is 0.293 e. The summed E-state index contributed by atoms with van der Waals surface area (Å²) in [5, 5.41) is 9.96. The fourth-order valence-electron chi connectivity index (χ4n) is 4.47. The van der Waals surface area contributed by atoms with E-state index < -0.39 is 0 Å². The van der Waals surface area contributed by atoms with Crippen molar-refractivity contribution < 1.29 is 4.79 Å². The van der Waals surface area contributed by atoms with E-state index in [-0.39, 0.29) is 17.1 Å². The second kappa shape index (κ2) is 8.90. The van der Waals surface area contributed by atoms with E-state index in [9.17, 15) is 9.59 Å². The summed E-state index contributed by atoms with van der Waals surface area (Å²) in [7, 11) is 0. The summed E-state index contributed by atoms with van der Waals surface area (Å²) in [5.41, 5.74) is 4.17. The van der Waals surface area contributed by atoms with Gasteiger partial charge in [0.05, 0.1) is 16.7 Å². The predicted molar refractivity (Wildman–Crippen MR) is 128 cm³/mol. The third-order valence-corrected chi connectivity index (χ3v) is 7.15. The van der Waals surface area contributed by atoms with E-state index in [1.54, 1.807) is 4.57 Å². The Bertz CT molecular complexity index is 1370.